The highest BCUT2D eigenvalue weighted by molar-refractivity contribution is 5.92. The zero-order valence-electron chi connectivity index (χ0n) is 70.4. The molecule has 1 amide bonds. The van der Waals surface area contributed by atoms with Crippen molar-refractivity contribution < 1.29 is 42.8 Å². The minimum absolute atomic E-state index is 0.0217. The fourth-order valence-corrected chi connectivity index (χ4v) is 15.9. The molecule has 6 aromatic rings. The molecule has 2 atom stereocenters. The maximum absolute atomic E-state index is 14.6. The number of H-pyrrole nitrogens is 1. The lowest BCUT2D eigenvalue weighted by molar-refractivity contribution is -0.171. The molecule has 2 unspecified atom stereocenters. The number of imidazole rings is 1. The van der Waals surface area contributed by atoms with E-state index < -0.39 is 42.0 Å². The van der Waals surface area contributed by atoms with Gasteiger partial charge in [-0.15, -0.1) is 0 Å². The third kappa shape index (κ3) is 34.2. The van der Waals surface area contributed by atoms with Gasteiger partial charge < -0.3 is 28.4 Å². The Morgan fingerprint density at radius 3 is 1.21 bits per heavy atom. The third-order valence-electron chi connectivity index (χ3n) is 22.5. The molecule has 0 saturated carbocycles. The fraction of sp³-hybridized carbons (Fsp3) is 0.667. The summed E-state index contributed by atoms with van der Waals surface area (Å²) < 4.78 is 40.7. The number of carbonyl (C=O) groups excluding carboxylic acids is 3. The van der Waals surface area contributed by atoms with Crippen LogP contribution in [0.25, 0.3) is 11.2 Å². The smallest absolute Gasteiger partial charge is 0.344 e. The molecule has 0 bridgehead atoms. The van der Waals surface area contributed by atoms with Crippen molar-refractivity contribution in [2.45, 2.75) is 361 Å². The number of hydrogen-bond acceptors (Lipinski definition) is 13. The Kier molecular flexibility index (Phi) is 46.9. The molecule has 1 aliphatic heterocycles. The lowest BCUT2D eigenvalue weighted by atomic mass is 9.75. The number of ether oxygens (including phenoxy) is 6. The van der Waals surface area contributed by atoms with Gasteiger partial charge in [0.15, 0.2) is 29.3 Å². The Hall–Kier alpha value is -7.04. The van der Waals surface area contributed by atoms with Gasteiger partial charge in [0.2, 0.25) is 17.6 Å². The Morgan fingerprint density at radius 2 is 0.839 bits per heavy atom. The number of anilines is 1. The second-order valence-electron chi connectivity index (χ2n) is 32.3. The minimum Gasteiger partial charge on any atom is -0.490 e. The SMILES string of the molecule is CCCCCCCCCCCCCCCCCCOc1cc(C(=O)OCC(=O)OCC2CN(C(c3ccccc3)(c3ccccc3)c3ccccc3)CC(n3cnc4c(=O)[nH]c(NC(=O)C(C)C)nc43)O2)cc(OCCCCCCCCCCCCCCCCCC)c1OCCCCCCCCCCCCCCCCCC. The van der Waals surface area contributed by atoms with E-state index in [0.29, 0.717) is 37.1 Å². The summed E-state index contributed by atoms with van der Waals surface area (Å²) in [6.45, 7) is 11.4. The molecule has 622 valence electrons. The van der Waals surface area contributed by atoms with Gasteiger partial charge in [-0.2, -0.15) is 4.98 Å². The quantitative estimate of drug-likeness (QED) is 0.0209. The minimum atomic E-state index is -0.935. The van der Waals surface area contributed by atoms with Gasteiger partial charge in [-0.3, -0.25) is 29.4 Å². The van der Waals surface area contributed by atoms with Gasteiger partial charge in [0.05, 0.1) is 37.3 Å². The first-order chi connectivity index (χ1) is 55.1. The molecule has 16 nitrogen and oxygen atoms in total. The van der Waals surface area contributed by atoms with Crippen LogP contribution < -0.4 is 25.1 Å². The van der Waals surface area contributed by atoms with E-state index in [4.69, 9.17) is 33.4 Å². The summed E-state index contributed by atoms with van der Waals surface area (Å²) in [5.74, 6) is -0.834. The van der Waals surface area contributed by atoms with E-state index in [-0.39, 0.29) is 54.2 Å². The predicted octanol–water partition coefficient (Wildman–Crippen LogP) is 25.2. The van der Waals surface area contributed by atoms with Crippen LogP contribution in [0.15, 0.2) is 114 Å². The van der Waals surface area contributed by atoms with Crippen LogP contribution in [0.2, 0.25) is 0 Å². The Morgan fingerprint density at radius 1 is 0.482 bits per heavy atom. The number of amides is 1. The van der Waals surface area contributed by atoms with Gasteiger partial charge in [0.25, 0.3) is 5.56 Å². The first-order valence-electron chi connectivity index (χ1n) is 45.3. The fourth-order valence-electron chi connectivity index (χ4n) is 15.9. The monoisotopic (exact) mass is 1550 g/mol. The largest absolute Gasteiger partial charge is 0.490 e. The number of aromatic nitrogens is 4. The molecule has 0 aliphatic carbocycles. The first kappa shape index (κ1) is 92.1. The van der Waals surface area contributed by atoms with E-state index in [1.54, 1.807) is 30.5 Å². The normalized spacial score (nSPS) is 13.9. The first-order valence-corrected chi connectivity index (χ1v) is 45.3. The topological polar surface area (TPSA) is 185 Å². The molecule has 1 saturated heterocycles. The molecular formula is C96H148N6O10. The summed E-state index contributed by atoms with van der Waals surface area (Å²) in [5.41, 5.74) is 1.92. The van der Waals surface area contributed by atoms with Crippen LogP contribution in [0.3, 0.4) is 0 Å². The molecule has 1 fully saturated rings. The van der Waals surface area contributed by atoms with Crippen molar-refractivity contribution in [3.8, 4) is 17.2 Å². The highest BCUT2D eigenvalue weighted by atomic mass is 16.6. The highest BCUT2D eigenvalue weighted by Gasteiger charge is 2.47. The Labute approximate surface area is 676 Å². The average Bonchev–Trinajstić information content (AvgIpc) is 0.954. The molecule has 1 aliphatic rings. The standard InChI is InChI=1S/C96H148N6O10/c1-6-9-12-15-18-21-24-27-30-33-36-39-42-45-48-60-69-107-85-72-80(73-86(108-70-61-49-46-43-40-37-34-31-28-25-22-19-16-13-10-7-2)90(85)109-71-62-50-47-44-41-38-35-32-29-26-23-20-17-14-11-8-3)94(106)111-77-88(103)110-76-84-74-101(75-87(112-84)102-78-97-89-91(102)98-95(100-93(89)105)99-92(104)79(4)5)96(81-63-54-51-55-64-81,82-65-56-52-57-66-82)83-67-58-53-59-68-83/h51-59,63-68,72-73,78-79,84,87H,6-50,60-62,69-71,74-77H2,1-5H3,(H2,98,99,100,104,105). The van der Waals surface area contributed by atoms with Gasteiger partial charge in [0, 0.05) is 19.0 Å². The molecule has 112 heavy (non-hydrogen) atoms. The maximum Gasteiger partial charge on any atom is 0.344 e. The van der Waals surface area contributed by atoms with E-state index in [1.165, 1.54) is 257 Å². The van der Waals surface area contributed by atoms with E-state index in [0.717, 1.165) is 74.5 Å². The molecular weight excluding hydrogens is 1400 g/mol. The number of carbonyl (C=O) groups is 3. The van der Waals surface area contributed by atoms with Crippen LogP contribution in [0.1, 0.15) is 376 Å². The Balaban J connectivity index is 1.04. The highest BCUT2D eigenvalue weighted by Crippen LogP contribution is 2.46. The number of benzene rings is 4. The van der Waals surface area contributed by atoms with Crippen molar-refractivity contribution in [1.29, 1.82) is 0 Å². The van der Waals surface area contributed by atoms with Crippen LogP contribution in [-0.4, -0.2) is 94.5 Å². The van der Waals surface area contributed by atoms with E-state index in [1.807, 2.05) is 54.6 Å². The van der Waals surface area contributed by atoms with E-state index in [9.17, 15) is 19.2 Å². The number of fused-ring (bicyclic) bond motifs is 1. The van der Waals surface area contributed by atoms with Crippen LogP contribution in [0.4, 0.5) is 5.95 Å². The zero-order chi connectivity index (χ0) is 79.2. The third-order valence-corrected chi connectivity index (χ3v) is 22.5. The number of unbranched alkanes of at least 4 members (excludes halogenated alkanes) is 45. The van der Waals surface area contributed by atoms with Crippen molar-refractivity contribution in [2.24, 2.45) is 5.92 Å². The van der Waals surface area contributed by atoms with Crippen LogP contribution in [0, 0.1) is 5.92 Å². The van der Waals surface area contributed by atoms with Gasteiger partial charge >= 0.3 is 11.9 Å². The summed E-state index contributed by atoms with van der Waals surface area (Å²) in [6, 6.07) is 34.2. The lowest BCUT2D eigenvalue weighted by Crippen LogP contribution is -2.57. The summed E-state index contributed by atoms with van der Waals surface area (Å²) in [5, 5.41) is 2.74. The van der Waals surface area contributed by atoms with Crippen LogP contribution in [0.5, 0.6) is 17.2 Å². The molecule has 7 rings (SSSR count). The van der Waals surface area contributed by atoms with E-state index in [2.05, 4.69) is 77.4 Å². The molecule has 2 aromatic heterocycles. The van der Waals surface area contributed by atoms with Crippen molar-refractivity contribution in [3.05, 3.63) is 142 Å². The number of hydrogen-bond donors (Lipinski definition) is 2. The summed E-state index contributed by atoms with van der Waals surface area (Å²) in [7, 11) is 0. The molecule has 3 heterocycles. The number of nitrogens with zero attached hydrogens (tertiary/aromatic N) is 4. The van der Waals surface area contributed by atoms with Crippen molar-refractivity contribution in [3.63, 3.8) is 0 Å². The van der Waals surface area contributed by atoms with E-state index >= 15 is 0 Å². The van der Waals surface area contributed by atoms with Gasteiger partial charge in [-0.25, -0.2) is 14.6 Å². The number of rotatable bonds is 66. The summed E-state index contributed by atoms with van der Waals surface area (Å²) in [4.78, 5) is 69.7. The number of nitrogens with one attached hydrogen (secondary N) is 2. The molecule has 16 heteroatoms. The average molecular weight is 1550 g/mol. The van der Waals surface area contributed by atoms with Crippen molar-refractivity contribution in [2.75, 3.05) is 51.4 Å². The van der Waals surface area contributed by atoms with Crippen molar-refractivity contribution in [1.82, 2.24) is 24.4 Å². The molecule has 0 spiro atoms. The van der Waals surface area contributed by atoms with Crippen LogP contribution >= 0.6 is 0 Å². The number of esters is 2. The number of morpholine rings is 1. The molecule has 2 N–H and O–H groups in total. The van der Waals surface area contributed by atoms with Crippen LogP contribution in [-0.2, 0) is 29.3 Å². The van der Waals surface area contributed by atoms with Gasteiger partial charge in [-0.05, 0) is 48.1 Å². The van der Waals surface area contributed by atoms with Gasteiger partial charge in [-0.1, -0.05) is 415 Å². The molecule has 4 aromatic carbocycles. The Bertz CT molecular complexity index is 3330. The predicted molar refractivity (Wildman–Crippen MR) is 459 cm³/mol. The lowest BCUT2D eigenvalue weighted by Gasteiger charge is -2.50. The molecule has 0 radical (unpaired) electrons. The second kappa shape index (κ2) is 57.1. The van der Waals surface area contributed by atoms with Crippen molar-refractivity contribution >= 4 is 35.0 Å². The summed E-state index contributed by atoms with van der Waals surface area (Å²) in [6.07, 6.45) is 61.3. The summed E-state index contributed by atoms with van der Waals surface area (Å²) >= 11 is 0. The second-order valence-corrected chi connectivity index (χ2v) is 32.3. The zero-order valence-corrected chi connectivity index (χ0v) is 70.4. The van der Waals surface area contributed by atoms with Gasteiger partial charge in [0.1, 0.15) is 18.9 Å². The maximum atomic E-state index is 14.6. The number of aromatic amines is 1.